The number of rotatable bonds is 6. The molecule has 0 aliphatic carbocycles. The van der Waals surface area contributed by atoms with E-state index in [0.29, 0.717) is 18.2 Å². The summed E-state index contributed by atoms with van der Waals surface area (Å²) in [5.41, 5.74) is 1.12. The standard InChI is InChI=1S/C19H20N2O2S/c1-3-8-14-13-9-5-6-11-16(13)24-17(14)19(22)21-18-15(23-4-2)10-7-12-20-18/h5-7,9-12H,3-4,8H2,1-2H3,(H,20,21,22). The smallest absolute Gasteiger partial charge is 0.267 e. The number of hydrogen-bond acceptors (Lipinski definition) is 4. The van der Waals surface area contributed by atoms with Crippen LogP contribution in [0.4, 0.5) is 5.82 Å². The number of thiophene rings is 1. The van der Waals surface area contributed by atoms with Gasteiger partial charge in [0.15, 0.2) is 11.6 Å². The van der Waals surface area contributed by atoms with Gasteiger partial charge in [0.1, 0.15) is 0 Å². The first-order chi connectivity index (χ1) is 11.7. The monoisotopic (exact) mass is 340 g/mol. The van der Waals surface area contributed by atoms with Crippen molar-refractivity contribution >= 4 is 33.1 Å². The maximum absolute atomic E-state index is 12.8. The Labute approximate surface area is 145 Å². The van der Waals surface area contributed by atoms with Crippen molar-refractivity contribution in [3.8, 4) is 5.75 Å². The number of anilines is 1. The molecule has 0 saturated carbocycles. The average Bonchev–Trinajstić information content (AvgIpc) is 2.96. The van der Waals surface area contributed by atoms with E-state index >= 15 is 0 Å². The van der Waals surface area contributed by atoms with Crippen molar-refractivity contribution in [2.45, 2.75) is 26.7 Å². The van der Waals surface area contributed by atoms with Gasteiger partial charge in [-0.15, -0.1) is 11.3 Å². The first-order valence-electron chi connectivity index (χ1n) is 8.14. The van der Waals surface area contributed by atoms with Gasteiger partial charge in [0, 0.05) is 10.9 Å². The fraction of sp³-hybridized carbons (Fsp3) is 0.263. The normalized spacial score (nSPS) is 10.8. The number of amides is 1. The molecule has 5 heteroatoms. The second-order valence-electron chi connectivity index (χ2n) is 5.39. The molecule has 3 aromatic rings. The molecule has 24 heavy (non-hydrogen) atoms. The van der Waals surface area contributed by atoms with Crippen LogP contribution in [0.25, 0.3) is 10.1 Å². The van der Waals surface area contributed by atoms with E-state index in [1.165, 1.54) is 16.7 Å². The van der Waals surface area contributed by atoms with Crippen LogP contribution >= 0.6 is 11.3 Å². The SMILES string of the molecule is CCCc1c(C(=O)Nc2ncccc2OCC)sc2ccccc12. The number of nitrogens with one attached hydrogen (secondary N) is 1. The molecule has 0 unspecified atom stereocenters. The zero-order chi connectivity index (χ0) is 16.9. The maximum atomic E-state index is 12.8. The van der Waals surface area contributed by atoms with Gasteiger partial charge in [-0.1, -0.05) is 31.5 Å². The molecule has 2 heterocycles. The third-order valence-corrected chi connectivity index (χ3v) is 4.92. The van der Waals surface area contributed by atoms with Crippen LogP contribution < -0.4 is 10.1 Å². The molecule has 0 fully saturated rings. The maximum Gasteiger partial charge on any atom is 0.267 e. The number of fused-ring (bicyclic) bond motifs is 1. The lowest BCUT2D eigenvalue weighted by Gasteiger charge is -2.10. The zero-order valence-corrected chi connectivity index (χ0v) is 14.7. The lowest BCUT2D eigenvalue weighted by atomic mass is 10.1. The Balaban J connectivity index is 1.96. The second-order valence-corrected chi connectivity index (χ2v) is 6.45. The molecule has 1 amide bonds. The Morgan fingerprint density at radius 2 is 2.04 bits per heavy atom. The van der Waals surface area contributed by atoms with Crippen molar-refractivity contribution in [2.24, 2.45) is 0 Å². The minimum atomic E-state index is -0.126. The summed E-state index contributed by atoms with van der Waals surface area (Å²) >= 11 is 1.53. The van der Waals surface area contributed by atoms with Crippen molar-refractivity contribution in [2.75, 3.05) is 11.9 Å². The van der Waals surface area contributed by atoms with Crippen LogP contribution in [0.15, 0.2) is 42.6 Å². The Bertz CT molecular complexity index is 857. The van der Waals surface area contributed by atoms with E-state index in [4.69, 9.17) is 4.74 Å². The van der Waals surface area contributed by atoms with Gasteiger partial charge in [0.2, 0.25) is 0 Å². The van der Waals surface area contributed by atoms with Gasteiger partial charge in [0.25, 0.3) is 5.91 Å². The number of carbonyl (C=O) groups is 1. The molecule has 4 nitrogen and oxygen atoms in total. The van der Waals surface area contributed by atoms with E-state index in [0.717, 1.165) is 28.0 Å². The summed E-state index contributed by atoms with van der Waals surface area (Å²) in [7, 11) is 0. The lowest BCUT2D eigenvalue weighted by Crippen LogP contribution is -2.14. The molecule has 0 aliphatic rings. The largest absolute Gasteiger partial charge is 0.490 e. The Hall–Kier alpha value is -2.40. The van der Waals surface area contributed by atoms with E-state index < -0.39 is 0 Å². The van der Waals surface area contributed by atoms with Crippen molar-refractivity contribution < 1.29 is 9.53 Å². The zero-order valence-electron chi connectivity index (χ0n) is 13.8. The van der Waals surface area contributed by atoms with Crippen molar-refractivity contribution in [3.05, 3.63) is 53.0 Å². The molecule has 0 radical (unpaired) electrons. The molecule has 1 aromatic carbocycles. The average molecular weight is 340 g/mol. The van der Waals surface area contributed by atoms with Crippen LogP contribution in [0.2, 0.25) is 0 Å². The fourth-order valence-electron chi connectivity index (χ4n) is 2.70. The van der Waals surface area contributed by atoms with Gasteiger partial charge in [-0.05, 0) is 42.5 Å². The summed E-state index contributed by atoms with van der Waals surface area (Å²) in [6.07, 6.45) is 3.53. The first kappa shape index (κ1) is 16.5. The third kappa shape index (κ3) is 3.26. The summed E-state index contributed by atoms with van der Waals surface area (Å²) in [4.78, 5) is 17.8. The van der Waals surface area contributed by atoms with Gasteiger partial charge < -0.3 is 10.1 Å². The number of ether oxygens (including phenoxy) is 1. The van der Waals surface area contributed by atoms with Gasteiger partial charge in [-0.25, -0.2) is 4.98 Å². The van der Waals surface area contributed by atoms with E-state index in [1.54, 1.807) is 12.3 Å². The number of aryl methyl sites for hydroxylation is 1. The highest BCUT2D eigenvalue weighted by atomic mass is 32.1. The van der Waals surface area contributed by atoms with Gasteiger partial charge >= 0.3 is 0 Å². The number of pyridine rings is 1. The van der Waals surface area contributed by atoms with Gasteiger partial charge in [-0.3, -0.25) is 4.79 Å². The number of carbonyl (C=O) groups excluding carboxylic acids is 1. The summed E-state index contributed by atoms with van der Waals surface area (Å²) < 4.78 is 6.67. The Morgan fingerprint density at radius 1 is 1.21 bits per heavy atom. The quantitative estimate of drug-likeness (QED) is 0.694. The molecule has 2 aromatic heterocycles. The molecular formula is C19H20N2O2S. The van der Waals surface area contributed by atoms with Crippen LogP contribution in [-0.4, -0.2) is 17.5 Å². The van der Waals surface area contributed by atoms with Gasteiger partial charge in [-0.2, -0.15) is 0 Å². The predicted octanol–water partition coefficient (Wildman–Crippen LogP) is 4.90. The van der Waals surface area contributed by atoms with Crippen molar-refractivity contribution in [1.82, 2.24) is 4.98 Å². The summed E-state index contributed by atoms with van der Waals surface area (Å²) in [6.45, 7) is 4.56. The Kier molecular flexibility index (Phi) is 5.11. The summed E-state index contributed by atoms with van der Waals surface area (Å²) in [5.74, 6) is 0.926. The van der Waals surface area contributed by atoms with Crippen LogP contribution in [0, 0.1) is 0 Å². The molecule has 0 saturated heterocycles. The molecule has 3 rings (SSSR count). The van der Waals surface area contributed by atoms with Crippen LogP contribution in [0.3, 0.4) is 0 Å². The minimum Gasteiger partial charge on any atom is -0.490 e. The second kappa shape index (κ2) is 7.45. The van der Waals surface area contributed by atoms with Crippen molar-refractivity contribution in [3.63, 3.8) is 0 Å². The van der Waals surface area contributed by atoms with E-state index in [-0.39, 0.29) is 5.91 Å². The van der Waals surface area contributed by atoms with E-state index in [9.17, 15) is 4.79 Å². The number of aromatic nitrogens is 1. The van der Waals surface area contributed by atoms with Crippen LogP contribution in [0.1, 0.15) is 35.5 Å². The van der Waals surface area contributed by atoms with Crippen molar-refractivity contribution in [1.29, 1.82) is 0 Å². The predicted molar refractivity (Wildman–Crippen MR) is 99.2 cm³/mol. The molecule has 0 spiro atoms. The molecule has 124 valence electrons. The van der Waals surface area contributed by atoms with Gasteiger partial charge in [0.05, 0.1) is 11.5 Å². The number of nitrogens with zero attached hydrogens (tertiary/aromatic N) is 1. The minimum absolute atomic E-state index is 0.126. The lowest BCUT2D eigenvalue weighted by molar-refractivity contribution is 0.102. The number of hydrogen-bond donors (Lipinski definition) is 1. The topological polar surface area (TPSA) is 51.2 Å². The van der Waals surface area contributed by atoms with Crippen LogP contribution in [0.5, 0.6) is 5.75 Å². The Morgan fingerprint density at radius 3 is 2.83 bits per heavy atom. The third-order valence-electron chi connectivity index (χ3n) is 3.71. The highest BCUT2D eigenvalue weighted by Crippen LogP contribution is 2.33. The molecule has 0 atom stereocenters. The molecular weight excluding hydrogens is 320 g/mol. The van der Waals surface area contributed by atoms with E-state index in [1.807, 2.05) is 25.1 Å². The highest BCUT2D eigenvalue weighted by molar-refractivity contribution is 7.21. The molecule has 0 bridgehead atoms. The number of benzene rings is 1. The van der Waals surface area contributed by atoms with E-state index in [2.05, 4.69) is 29.4 Å². The summed E-state index contributed by atoms with van der Waals surface area (Å²) in [6, 6.07) is 11.8. The molecule has 0 aliphatic heterocycles. The molecule has 1 N–H and O–H groups in total. The highest BCUT2D eigenvalue weighted by Gasteiger charge is 2.19. The summed E-state index contributed by atoms with van der Waals surface area (Å²) in [5, 5.41) is 4.07. The first-order valence-corrected chi connectivity index (χ1v) is 8.95. The van der Waals surface area contributed by atoms with Crippen LogP contribution in [-0.2, 0) is 6.42 Å². The fourth-order valence-corrected chi connectivity index (χ4v) is 3.85.